The molecule has 0 unspecified atom stereocenters. The Morgan fingerprint density at radius 1 is 0.893 bits per heavy atom. The number of aryl methyl sites for hydroxylation is 2. The molecular weight excluding hydrogens is 345 g/mol. The standard InChI is InChI=1S/C26H31FN/c1-16-13-24(18(3)19(4)25(16)27)26-23-12-11-21(20-9-7-6-8-10-20)15-22(23)14-17(2)28(26)5/h11-15,20H,6-10H2,1-5H3/q+1. The topological polar surface area (TPSA) is 3.88 Å². The maximum Gasteiger partial charge on any atom is 0.220 e. The van der Waals surface area contributed by atoms with E-state index in [2.05, 4.69) is 42.8 Å². The fraction of sp³-hybridized carbons (Fsp3) is 0.423. The van der Waals surface area contributed by atoms with E-state index in [4.69, 9.17) is 0 Å². The van der Waals surface area contributed by atoms with Crippen molar-refractivity contribution >= 4 is 10.8 Å². The third kappa shape index (κ3) is 3.13. The lowest BCUT2D eigenvalue weighted by Crippen LogP contribution is -2.35. The van der Waals surface area contributed by atoms with Crippen molar-refractivity contribution in [2.45, 2.75) is 65.7 Å². The smallest absolute Gasteiger partial charge is 0.206 e. The summed E-state index contributed by atoms with van der Waals surface area (Å²) in [6, 6.07) is 11.3. The fourth-order valence-electron chi connectivity index (χ4n) is 4.91. The minimum Gasteiger partial charge on any atom is -0.206 e. The Bertz CT molecular complexity index is 1060. The fourth-order valence-corrected chi connectivity index (χ4v) is 4.91. The van der Waals surface area contributed by atoms with E-state index in [1.165, 1.54) is 59.8 Å². The van der Waals surface area contributed by atoms with E-state index in [1.807, 2.05) is 26.8 Å². The van der Waals surface area contributed by atoms with Gasteiger partial charge in [0.05, 0.1) is 10.9 Å². The maximum atomic E-state index is 14.4. The Labute approximate surface area is 168 Å². The number of pyridine rings is 1. The predicted octanol–water partition coefficient (Wildman–Crippen LogP) is 6.75. The highest BCUT2D eigenvalue weighted by molar-refractivity contribution is 5.94. The first-order valence-corrected chi connectivity index (χ1v) is 10.6. The van der Waals surface area contributed by atoms with Crippen LogP contribution in [-0.2, 0) is 7.05 Å². The van der Waals surface area contributed by atoms with Crippen LogP contribution in [0.15, 0.2) is 30.3 Å². The van der Waals surface area contributed by atoms with E-state index in [-0.39, 0.29) is 5.82 Å². The largest absolute Gasteiger partial charge is 0.220 e. The molecule has 0 spiro atoms. The van der Waals surface area contributed by atoms with Gasteiger partial charge in [0.2, 0.25) is 5.69 Å². The zero-order chi connectivity index (χ0) is 20.0. The maximum absolute atomic E-state index is 14.4. The van der Waals surface area contributed by atoms with Gasteiger partial charge in [-0.05, 0) is 79.3 Å². The van der Waals surface area contributed by atoms with Crippen LogP contribution in [0.2, 0.25) is 0 Å². The van der Waals surface area contributed by atoms with E-state index in [0.29, 0.717) is 11.5 Å². The summed E-state index contributed by atoms with van der Waals surface area (Å²) < 4.78 is 16.7. The highest BCUT2D eigenvalue weighted by Gasteiger charge is 2.23. The van der Waals surface area contributed by atoms with Crippen LogP contribution < -0.4 is 4.57 Å². The zero-order valence-electron chi connectivity index (χ0n) is 17.8. The number of fused-ring (bicyclic) bond motifs is 1. The van der Waals surface area contributed by atoms with Gasteiger partial charge in [0.1, 0.15) is 12.9 Å². The second-order valence-corrected chi connectivity index (χ2v) is 8.68. The minimum atomic E-state index is -0.0829. The summed E-state index contributed by atoms with van der Waals surface area (Å²) in [7, 11) is 2.12. The predicted molar refractivity (Wildman–Crippen MR) is 115 cm³/mol. The molecule has 1 aliphatic rings. The van der Waals surface area contributed by atoms with Crippen LogP contribution in [0, 0.1) is 33.5 Å². The van der Waals surface area contributed by atoms with Crippen molar-refractivity contribution in [3.63, 3.8) is 0 Å². The number of nitrogens with zero attached hydrogens (tertiary/aromatic N) is 1. The van der Waals surface area contributed by atoms with Gasteiger partial charge in [-0.25, -0.2) is 4.39 Å². The number of aromatic nitrogens is 1. The molecule has 0 atom stereocenters. The normalized spacial score (nSPS) is 15.4. The molecule has 4 rings (SSSR count). The Kier molecular flexibility index (Phi) is 4.99. The van der Waals surface area contributed by atoms with Crippen LogP contribution >= 0.6 is 0 Å². The molecule has 1 nitrogen and oxygen atoms in total. The molecule has 0 radical (unpaired) electrons. The molecule has 0 amide bonds. The van der Waals surface area contributed by atoms with Crippen molar-refractivity contribution in [2.24, 2.45) is 7.05 Å². The molecule has 1 fully saturated rings. The first-order valence-electron chi connectivity index (χ1n) is 10.6. The molecule has 0 bridgehead atoms. The van der Waals surface area contributed by atoms with Gasteiger partial charge in [0.25, 0.3) is 0 Å². The lowest BCUT2D eigenvalue weighted by atomic mass is 9.83. The van der Waals surface area contributed by atoms with Crippen LogP contribution in [0.3, 0.4) is 0 Å². The van der Waals surface area contributed by atoms with Gasteiger partial charge in [-0.15, -0.1) is 0 Å². The molecule has 2 heteroatoms. The third-order valence-corrected chi connectivity index (χ3v) is 6.89. The zero-order valence-corrected chi connectivity index (χ0v) is 17.8. The molecule has 1 aromatic heterocycles. The van der Waals surface area contributed by atoms with Gasteiger partial charge in [-0.1, -0.05) is 31.4 Å². The summed E-state index contributed by atoms with van der Waals surface area (Å²) in [5.74, 6) is 0.619. The second kappa shape index (κ2) is 7.31. The van der Waals surface area contributed by atoms with Gasteiger partial charge < -0.3 is 0 Å². The first-order chi connectivity index (χ1) is 13.4. The Hall–Kier alpha value is -2.22. The van der Waals surface area contributed by atoms with E-state index in [1.54, 1.807) is 0 Å². The Balaban J connectivity index is 1.95. The molecule has 0 saturated heterocycles. The number of hydrogen-bond donors (Lipinski definition) is 0. The van der Waals surface area contributed by atoms with Gasteiger partial charge in [-0.3, -0.25) is 0 Å². The van der Waals surface area contributed by atoms with Crippen molar-refractivity contribution in [1.82, 2.24) is 0 Å². The van der Waals surface area contributed by atoms with Crippen LogP contribution in [-0.4, -0.2) is 0 Å². The minimum absolute atomic E-state index is 0.0829. The summed E-state index contributed by atoms with van der Waals surface area (Å²) in [4.78, 5) is 0. The number of halogens is 1. The van der Waals surface area contributed by atoms with Crippen LogP contribution in [0.5, 0.6) is 0 Å². The summed E-state index contributed by atoms with van der Waals surface area (Å²) in [5, 5.41) is 2.55. The molecule has 1 heterocycles. The molecule has 146 valence electrons. The first kappa shape index (κ1) is 19.1. The van der Waals surface area contributed by atoms with Gasteiger partial charge in [0, 0.05) is 13.0 Å². The lowest BCUT2D eigenvalue weighted by Gasteiger charge is -2.22. The molecular formula is C26H31FN+. The van der Waals surface area contributed by atoms with Crippen molar-refractivity contribution in [2.75, 3.05) is 0 Å². The molecule has 3 aromatic rings. The summed E-state index contributed by atoms with van der Waals surface area (Å²) in [6.07, 6.45) is 6.71. The number of rotatable bonds is 2. The average molecular weight is 377 g/mol. The van der Waals surface area contributed by atoms with Crippen molar-refractivity contribution in [1.29, 1.82) is 0 Å². The highest BCUT2D eigenvalue weighted by Crippen LogP contribution is 2.37. The molecule has 1 aliphatic carbocycles. The molecule has 2 aromatic carbocycles. The van der Waals surface area contributed by atoms with Gasteiger partial charge in [-0.2, -0.15) is 4.57 Å². The molecule has 0 aliphatic heterocycles. The van der Waals surface area contributed by atoms with Crippen molar-refractivity contribution in [3.05, 3.63) is 64.1 Å². The number of benzene rings is 2. The Morgan fingerprint density at radius 3 is 2.32 bits per heavy atom. The summed E-state index contributed by atoms with van der Waals surface area (Å²) >= 11 is 0. The second-order valence-electron chi connectivity index (χ2n) is 8.68. The monoisotopic (exact) mass is 376 g/mol. The third-order valence-electron chi connectivity index (χ3n) is 6.89. The highest BCUT2D eigenvalue weighted by atomic mass is 19.1. The number of hydrogen-bond acceptors (Lipinski definition) is 0. The SMILES string of the molecule is Cc1cc(-c2c3ccc(C4CCCCC4)cc3cc(C)[n+]2C)c(C)c(C)c1F. The van der Waals surface area contributed by atoms with Gasteiger partial charge >= 0.3 is 0 Å². The van der Waals surface area contributed by atoms with Crippen LogP contribution in [0.1, 0.15) is 66.0 Å². The molecule has 1 saturated carbocycles. The van der Waals surface area contributed by atoms with Crippen molar-refractivity contribution in [3.8, 4) is 11.3 Å². The van der Waals surface area contributed by atoms with Gasteiger partial charge in [0.15, 0.2) is 5.69 Å². The van der Waals surface area contributed by atoms with E-state index in [9.17, 15) is 4.39 Å². The van der Waals surface area contributed by atoms with Crippen LogP contribution in [0.4, 0.5) is 4.39 Å². The van der Waals surface area contributed by atoms with Crippen molar-refractivity contribution < 1.29 is 8.96 Å². The molecule has 28 heavy (non-hydrogen) atoms. The summed E-state index contributed by atoms with van der Waals surface area (Å²) in [5.41, 5.74) is 7.53. The molecule has 0 N–H and O–H groups in total. The van der Waals surface area contributed by atoms with E-state index < -0.39 is 0 Å². The average Bonchev–Trinajstić information content (AvgIpc) is 2.71. The van der Waals surface area contributed by atoms with E-state index in [0.717, 1.165) is 16.7 Å². The lowest BCUT2D eigenvalue weighted by molar-refractivity contribution is -0.665. The quantitative estimate of drug-likeness (QED) is 0.435. The summed E-state index contributed by atoms with van der Waals surface area (Å²) in [6.45, 7) is 7.96. The van der Waals surface area contributed by atoms with E-state index >= 15 is 0 Å². The Morgan fingerprint density at radius 2 is 1.61 bits per heavy atom. The van der Waals surface area contributed by atoms with Crippen LogP contribution in [0.25, 0.3) is 22.0 Å².